The number of nitrogens with one attached hydrogen (secondary N) is 1. The molecule has 1 aromatic heterocycles. The minimum atomic E-state index is 0.608. The molecule has 0 saturated heterocycles. The fourth-order valence-electron chi connectivity index (χ4n) is 2.28. The summed E-state index contributed by atoms with van der Waals surface area (Å²) in [4.78, 5) is 2.37. The molecule has 0 fully saturated rings. The summed E-state index contributed by atoms with van der Waals surface area (Å²) in [6.45, 7) is 11.6. The Labute approximate surface area is 118 Å². The van der Waals surface area contributed by atoms with Gasteiger partial charge >= 0.3 is 0 Å². The highest BCUT2D eigenvalue weighted by molar-refractivity contribution is 5.20. The lowest BCUT2D eigenvalue weighted by molar-refractivity contribution is 0.218. The van der Waals surface area contributed by atoms with Crippen molar-refractivity contribution in [2.45, 2.75) is 66.1 Å². The van der Waals surface area contributed by atoms with Gasteiger partial charge < -0.3 is 9.73 Å². The molecule has 1 unspecified atom stereocenters. The summed E-state index contributed by atoms with van der Waals surface area (Å²) in [6, 6.07) is 2.81. The van der Waals surface area contributed by atoms with Gasteiger partial charge in [-0.1, -0.05) is 20.3 Å². The number of furan rings is 1. The SMILES string of the molecule is CCCNCc1cc(CN(C)C(C)CCC)oc1C. The molecule has 19 heavy (non-hydrogen) atoms. The molecule has 1 rings (SSSR count). The second kappa shape index (κ2) is 8.39. The average molecular weight is 266 g/mol. The van der Waals surface area contributed by atoms with Crippen LogP contribution in [0.15, 0.2) is 10.5 Å². The van der Waals surface area contributed by atoms with Crippen molar-refractivity contribution in [1.82, 2.24) is 10.2 Å². The van der Waals surface area contributed by atoms with Gasteiger partial charge in [-0.3, -0.25) is 4.90 Å². The van der Waals surface area contributed by atoms with E-state index in [1.54, 1.807) is 0 Å². The second-order valence-electron chi connectivity index (χ2n) is 5.52. The van der Waals surface area contributed by atoms with Gasteiger partial charge in [0.05, 0.1) is 6.54 Å². The van der Waals surface area contributed by atoms with E-state index in [1.807, 2.05) is 0 Å². The number of hydrogen-bond acceptors (Lipinski definition) is 3. The minimum Gasteiger partial charge on any atom is -0.465 e. The first-order valence-corrected chi connectivity index (χ1v) is 7.57. The van der Waals surface area contributed by atoms with Crippen LogP contribution in [0.25, 0.3) is 0 Å². The molecule has 1 heterocycles. The van der Waals surface area contributed by atoms with E-state index in [0.29, 0.717) is 6.04 Å². The maximum Gasteiger partial charge on any atom is 0.118 e. The molecular weight excluding hydrogens is 236 g/mol. The van der Waals surface area contributed by atoms with Crippen LogP contribution in [0.3, 0.4) is 0 Å². The molecule has 0 radical (unpaired) electrons. The zero-order valence-corrected chi connectivity index (χ0v) is 13.3. The van der Waals surface area contributed by atoms with E-state index in [0.717, 1.165) is 31.2 Å². The van der Waals surface area contributed by atoms with Crippen molar-refractivity contribution in [2.75, 3.05) is 13.6 Å². The third-order valence-electron chi connectivity index (χ3n) is 3.68. The van der Waals surface area contributed by atoms with E-state index in [4.69, 9.17) is 4.42 Å². The quantitative estimate of drug-likeness (QED) is 0.691. The van der Waals surface area contributed by atoms with Crippen LogP contribution in [-0.2, 0) is 13.1 Å². The summed E-state index contributed by atoms with van der Waals surface area (Å²) >= 11 is 0. The lowest BCUT2D eigenvalue weighted by Crippen LogP contribution is -2.28. The van der Waals surface area contributed by atoms with Gasteiger partial charge in [-0.05, 0) is 46.3 Å². The predicted octanol–water partition coefficient (Wildman–Crippen LogP) is 3.71. The van der Waals surface area contributed by atoms with E-state index in [2.05, 4.69) is 51.0 Å². The third kappa shape index (κ3) is 5.37. The molecule has 1 aromatic rings. The van der Waals surface area contributed by atoms with Crippen molar-refractivity contribution < 1.29 is 4.42 Å². The predicted molar refractivity (Wildman–Crippen MR) is 81.3 cm³/mol. The van der Waals surface area contributed by atoms with Gasteiger partial charge in [0.15, 0.2) is 0 Å². The van der Waals surface area contributed by atoms with Crippen molar-refractivity contribution in [3.05, 3.63) is 23.2 Å². The number of nitrogens with zero attached hydrogens (tertiary/aromatic N) is 1. The Balaban J connectivity index is 2.52. The smallest absolute Gasteiger partial charge is 0.118 e. The third-order valence-corrected chi connectivity index (χ3v) is 3.68. The van der Waals surface area contributed by atoms with E-state index in [1.165, 1.54) is 24.8 Å². The Hall–Kier alpha value is -0.800. The Morgan fingerprint density at radius 3 is 2.68 bits per heavy atom. The van der Waals surface area contributed by atoms with E-state index in [-0.39, 0.29) is 0 Å². The summed E-state index contributed by atoms with van der Waals surface area (Å²) in [5, 5.41) is 3.43. The molecule has 1 N–H and O–H groups in total. The molecule has 0 bridgehead atoms. The molecule has 110 valence electrons. The topological polar surface area (TPSA) is 28.4 Å². The zero-order valence-electron chi connectivity index (χ0n) is 13.3. The van der Waals surface area contributed by atoms with Gasteiger partial charge in [-0.25, -0.2) is 0 Å². The first-order chi connectivity index (χ1) is 9.08. The maximum atomic E-state index is 5.86. The van der Waals surface area contributed by atoms with E-state index in [9.17, 15) is 0 Å². The Bertz CT molecular complexity index is 360. The standard InChI is InChI=1S/C16H30N2O/c1-6-8-13(3)18(5)12-16-10-15(14(4)19-16)11-17-9-7-2/h10,13,17H,6-9,11-12H2,1-5H3. The monoisotopic (exact) mass is 266 g/mol. The molecule has 0 spiro atoms. The van der Waals surface area contributed by atoms with Crippen LogP contribution < -0.4 is 5.32 Å². The fraction of sp³-hybridized carbons (Fsp3) is 0.750. The van der Waals surface area contributed by atoms with Crippen LogP contribution in [0.5, 0.6) is 0 Å². The summed E-state index contributed by atoms with van der Waals surface area (Å²) in [5.41, 5.74) is 1.29. The van der Waals surface area contributed by atoms with Gasteiger partial charge in [0.1, 0.15) is 11.5 Å². The molecule has 0 aliphatic rings. The molecule has 0 amide bonds. The van der Waals surface area contributed by atoms with Crippen molar-refractivity contribution in [1.29, 1.82) is 0 Å². The van der Waals surface area contributed by atoms with Crippen LogP contribution in [0.4, 0.5) is 0 Å². The molecule has 0 saturated carbocycles. The normalized spacial score (nSPS) is 13.2. The first kappa shape index (κ1) is 16.3. The molecule has 0 aliphatic heterocycles. The van der Waals surface area contributed by atoms with Gasteiger partial charge in [-0.15, -0.1) is 0 Å². The van der Waals surface area contributed by atoms with Crippen molar-refractivity contribution in [3.8, 4) is 0 Å². The zero-order chi connectivity index (χ0) is 14.3. The lowest BCUT2D eigenvalue weighted by atomic mass is 10.1. The molecular formula is C16H30N2O. The fourth-order valence-corrected chi connectivity index (χ4v) is 2.28. The van der Waals surface area contributed by atoms with Crippen LogP contribution in [0.1, 0.15) is 57.1 Å². The van der Waals surface area contributed by atoms with Crippen LogP contribution in [0, 0.1) is 6.92 Å². The van der Waals surface area contributed by atoms with Gasteiger partial charge in [0, 0.05) is 18.2 Å². The van der Waals surface area contributed by atoms with E-state index >= 15 is 0 Å². The molecule has 0 aliphatic carbocycles. The summed E-state index contributed by atoms with van der Waals surface area (Å²) in [6.07, 6.45) is 3.64. The van der Waals surface area contributed by atoms with Gasteiger partial charge in [-0.2, -0.15) is 0 Å². The Morgan fingerprint density at radius 1 is 1.32 bits per heavy atom. The van der Waals surface area contributed by atoms with E-state index < -0.39 is 0 Å². The van der Waals surface area contributed by atoms with Crippen molar-refractivity contribution >= 4 is 0 Å². The summed E-state index contributed by atoms with van der Waals surface area (Å²) in [5.74, 6) is 2.13. The summed E-state index contributed by atoms with van der Waals surface area (Å²) < 4.78 is 5.86. The summed E-state index contributed by atoms with van der Waals surface area (Å²) in [7, 11) is 2.17. The highest BCUT2D eigenvalue weighted by Crippen LogP contribution is 2.17. The maximum absolute atomic E-state index is 5.86. The van der Waals surface area contributed by atoms with Crippen LogP contribution >= 0.6 is 0 Å². The molecule has 3 nitrogen and oxygen atoms in total. The lowest BCUT2D eigenvalue weighted by Gasteiger charge is -2.23. The molecule has 3 heteroatoms. The Morgan fingerprint density at radius 2 is 2.05 bits per heavy atom. The largest absolute Gasteiger partial charge is 0.465 e. The van der Waals surface area contributed by atoms with Crippen LogP contribution in [0.2, 0.25) is 0 Å². The number of rotatable bonds is 9. The second-order valence-corrected chi connectivity index (χ2v) is 5.52. The van der Waals surface area contributed by atoms with Crippen LogP contribution in [-0.4, -0.2) is 24.5 Å². The highest BCUT2D eigenvalue weighted by atomic mass is 16.3. The highest BCUT2D eigenvalue weighted by Gasteiger charge is 2.12. The number of aryl methyl sites for hydroxylation is 1. The van der Waals surface area contributed by atoms with Crippen molar-refractivity contribution in [2.24, 2.45) is 0 Å². The molecule has 1 atom stereocenters. The van der Waals surface area contributed by atoms with Gasteiger partial charge in [0.2, 0.25) is 0 Å². The molecule has 0 aromatic carbocycles. The first-order valence-electron chi connectivity index (χ1n) is 7.57. The van der Waals surface area contributed by atoms with Crippen molar-refractivity contribution in [3.63, 3.8) is 0 Å². The average Bonchev–Trinajstić information content (AvgIpc) is 2.70. The van der Waals surface area contributed by atoms with Gasteiger partial charge in [0.25, 0.3) is 0 Å². The minimum absolute atomic E-state index is 0.608. The Kier molecular flexibility index (Phi) is 7.17. The number of hydrogen-bond donors (Lipinski definition) is 1.